The summed E-state index contributed by atoms with van der Waals surface area (Å²) >= 11 is 0. The molecule has 260 valence electrons. The van der Waals surface area contributed by atoms with Crippen molar-refractivity contribution in [3.05, 3.63) is 36.5 Å². The van der Waals surface area contributed by atoms with E-state index in [9.17, 15) is 19.5 Å². The second-order valence-electron chi connectivity index (χ2n) is 12.7. The molecule has 0 bridgehead atoms. The van der Waals surface area contributed by atoms with Crippen molar-refractivity contribution in [2.45, 2.75) is 142 Å². The molecule has 0 rings (SSSR count). The number of nitrogens with zero attached hydrogens (tertiary/aromatic N) is 1. The summed E-state index contributed by atoms with van der Waals surface area (Å²) < 4.78 is 16.9. The van der Waals surface area contributed by atoms with Gasteiger partial charge in [-0.05, 0) is 44.9 Å². The number of ether oxygens (including phenoxy) is 3. The Morgan fingerprint density at radius 1 is 0.667 bits per heavy atom. The summed E-state index contributed by atoms with van der Waals surface area (Å²) in [5, 5.41) is 11.5. The first-order chi connectivity index (χ1) is 21.6. The quantitative estimate of drug-likeness (QED) is 0.0362. The lowest BCUT2D eigenvalue weighted by atomic mass is 10.1. The van der Waals surface area contributed by atoms with Gasteiger partial charge in [-0.25, -0.2) is 0 Å². The van der Waals surface area contributed by atoms with E-state index in [0.717, 1.165) is 25.7 Å². The van der Waals surface area contributed by atoms with E-state index in [-0.39, 0.29) is 49.5 Å². The zero-order chi connectivity index (χ0) is 33.6. The fourth-order valence-corrected chi connectivity index (χ4v) is 4.73. The SMILES string of the molecule is CCCCCC/C=C/CCC(=O)OCC(COCCC(C(=O)[O-])[N+](C)(C)C)OC(=O)CC/C=C/C/C=C/CCCCCCCC. The van der Waals surface area contributed by atoms with Crippen molar-refractivity contribution >= 4 is 17.9 Å². The van der Waals surface area contributed by atoms with Crippen LogP contribution in [-0.4, -0.2) is 75.5 Å². The van der Waals surface area contributed by atoms with Crippen molar-refractivity contribution in [1.82, 2.24) is 0 Å². The Morgan fingerprint density at radius 3 is 1.78 bits per heavy atom. The summed E-state index contributed by atoms with van der Waals surface area (Å²) in [4.78, 5) is 36.4. The molecule has 0 saturated carbocycles. The fraction of sp³-hybridized carbons (Fsp3) is 0.757. The number of aliphatic carboxylic acids is 1. The Kier molecular flexibility index (Phi) is 27.4. The van der Waals surface area contributed by atoms with Crippen LogP contribution in [0.3, 0.4) is 0 Å². The number of carboxylic acid groups (broad SMARTS) is 1. The number of quaternary nitrogens is 1. The highest BCUT2D eigenvalue weighted by molar-refractivity contribution is 5.70. The number of carbonyl (C=O) groups is 3. The summed E-state index contributed by atoms with van der Waals surface area (Å²) in [5.41, 5.74) is 0. The van der Waals surface area contributed by atoms with Crippen molar-refractivity contribution in [2.75, 3.05) is 41.0 Å². The lowest BCUT2D eigenvalue weighted by Crippen LogP contribution is -2.55. The van der Waals surface area contributed by atoms with Crippen LogP contribution in [0.2, 0.25) is 0 Å². The zero-order valence-corrected chi connectivity index (χ0v) is 29.3. The molecule has 0 radical (unpaired) electrons. The van der Waals surface area contributed by atoms with Gasteiger partial charge >= 0.3 is 11.9 Å². The topological polar surface area (TPSA) is 102 Å². The molecule has 0 aliphatic carbocycles. The number of hydrogen-bond acceptors (Lipinski definition) is 7. The monoisotopic (exact) mass is 635 g/mol. The van der Waals surface area contributed by atoms with E-state index < -0.39 is 24.1 Å². The maximum absolute atomic E-state index is 12.5. The molecule has 0 aromatic rings. The Morgan fingerprint density at radius 2 is 1.18 bits per heavy atom. The predicted molar refractivity (Wildman–Crippen MR) is 180 cm³/mol. The molecule has 0 heterocycles. The van der Waals surface area contributed by atoms with Crippen molar-refractivity contribution < 1.29 is 38.2 Å². The number of hydrogen-bond donors (Lipinski definition) is 0. The van der Waals surface area contributed by atoms with Gasteiger partial charge in [0.25, 0.3) is 0 Å². The highest BCUT2D eigenvalue weighted by Crippen LogP contribution is 2.10. The van der Waals surface area contributed by atoms with Crippen molar-refractivity contribution in [3.8, 4) is 0 Å². The second-order valence-corrected chi connectivity index (χ2v) is 12.7. The van der Waals surface area contributed by atoms with Crippen molar-refractivity contribution in [1.29, 1.82) is 0 Å². The van der Waals surface area contributed by atoms with Crippen LogP contribution in [0.15, 0.2) is 36.5 Å². The first-order valence-electron chi connectivity index (χ1n) is 17.5. The third kappa shape index (κ3) is 27.6. The van der Waals surface area contributed by atoms with E-state index >= 15 is 0 Å². The van der Waals surface area contributed by atoms with E-state index in [2.05, 4.69) is 38.2 Å². The first-order valence-corrected chi connectivity index (χ1v) is 17.5. The summed E-state index contributed by atoms with van der Waals surface area (Å²) in [6.45, 7) is 4.47. The minimum absolute atomic E-state index is 0.00678. The van der Waals surface area contributed by atoms with Gasteiger partial charge in [-0.2, -0.15) is 0 Å². The molecule has 0 aliphatic heterocycles. The van der Waals surface area contributed by atoms with Crippen LogP contribution in [0.5, 0.6) is 0 Å². The average Bonchev–Trinajstić information content (AvgIpc) is 2.98. The smallest absolute Gasteiger partial charge is 0.306 e. The fourth-order valence-electron chi connectivity index (χ4n) is 4.73. The van der Waals surface area contributed by atoms with Crippen LogP contribution < -0.4 is 5.11 Å². The van der Waals surface area contributed by atoms with Gasteiger partial charge in [0.05, 0.1) is 40.3 Å². The molecule has 0 spiro atoms. The number of carbonyl (C=O) groups excluding carboxylic acids is 3. The molecule has 45 heavy (non-hydrogen) atoms. The van der Waals surface area contributed by atoms with Crippen LogP contribution in [0.4, 0.5) is 0 Å². The average molecular weight is 636 g/mol. The first kappa shape index (κ1) is 42.6. The number of esters is 2. The Bertz CT molecular complexity index is 844. The molecule has 0 aliphatic rings. The van der Waals surface area contributed by atoms with Gasteiger partial charge in [0, 0.05) is 19.3 Å². The maximum Gasteiger partial charge on any atom is 0.306 e. The van der Waals surface area contributed by atoms with Gasteiger partial charge in [0.2, 0.25) is 0 Å². The number of unbranched alkanes of at least 4 members (excludes halogenated alkanes) is 10. The van der Waals surface area contributed by atoms with E-state index in [1.807, 2.05) is 12.2 Å². The van der Waals surface area contributed by atoms with Gasteiger partial charge < -0.3 is 28.6 Å². The molecule has 0 aromatic heterocycles. The number of carboxylic acids is 1. The van der Waals surface area contributed by atoms with Gasteiger partial charge in [-0.1, -0.05) is 102 Å². The van der Waals surface area contributed by atoms with E-state index in [0.29, 0.717) is 12.8 Å². The van der Waals surface area contributed by atoms with Crippen molar-refractivity contribution in [3.63, 3.8) is 0 Å². The Balaban J connectivity index is 4.60. The van der Waals surface area contributed by atoms with Gasteiger partial charge in [-0.3, -0.25) is 9.59 Å². The third-order valence-electron chi connectivity index (χ3n) is 7.53. The second kappa shape index (κ2) is 29.0. The number of likely N-dealkylation sites (N-methyl/N-ethyl adjacent to an activating group) is 1. The lowest BCUT2D eigenvalue weighted by molar-refractivity contribution is -0.889. The van der Waals surface area contributed by atoms with Crippen LogP contribution in [0, 0.1) is 0 Å². The molecule has 0 amide bonds. The molecule has 0 N–H and O–H groups in total. The predicted octanol–water partition coefficient (Wildman–Crippen LogP) is 7.01. The number of rotatable bonds is 30. The van der Waals surface area contributed by atoms with Crippen LogP contribution in [0.1, 0.15) is 129 Å². The third-order valence-corrected chi connectivity index (χ3v) is 7.53. The molecule has 8 nitrogen and oxygen atoms in total. The molecule has 0 saturated heterocycles. The van der Waals surface area contributed by atoms with Crippen molar-refractivity contribution in [2.24, 2.45) is 0 Å². The highest BCUT2D eigenvalue weighted by atomic mass is 16.6. The van der Waals surface area contributed by atoms with Crippen LogP contribution in [0.25, 0.3) is 0 Å². The molecule has 2 atom stereocenters. The summed E-state index contributed by atoms with van der Waals surface area (Å²) in [6.07, 6.45) is 29.2. The van der Waals surface area contributed by atoms with Gasteiger partial charge in [0.15, 0.2) is 6.10 Å². The standard InChI is InChI=1S/C37H65NO7/c1-6-8-10-12-14-16-17-18-19-20-22-24-26-28-36(40)45-33(31-43-30-29-34(37(41)42)38(3,4)5)32-44-35(39)27-25-23-21-15-13-11-9-7-2/h18-19,21-24,33-34H,6-17,20,25-32H2,1-5H3/b19-18+,23-21+,24-22+. The maximum atomic E-state index is 12.5. The summed E-state index contributed by atoms with van der Waals surface area (Å²) in [6, 6.07) is -0.735. The van der Waals surface area contributed by atoms with Crippen LogP contribution in [-0.2, 0) is 28.6 Å². The van der Waals surface area contributed by atoms with Gasteiger partial charge in [-0.15, -0.1) is 0 Å². The molecule has 0 fully saturated rings. The summed E-state index contributed by atoms with van der Waals surface area (Å²) in [7, 11) is 5.36. The van der Waals surface area contributed by atoms with E-state index in [1.165, 1.54) is 57.8 Å². The molecular weight excluding hydrogens is 570 g/mol. The van der Waals surface area contributed by atoms with E-state index in [1.54, 1.807) is 21.1 Å². The minimum Gasteiger partial charge on any atom is -0.544 e. The largest absolute Gasteiger partial charge is 0.544 e. The minimum atomic E-state index is -1.14. The molecule has 0 aromatic carbocycles. The van der Waals surface area contributed by atoms with E-state index in [4.69, 9.17) is 14.2 Å². The lowest BCUT2D eigenvalue weighted by Gasteiger charge is -2.34. The van der Waals surface area contributed by atoms with Gasteiger partial charge in [0.1, 0.15) is 12.6 Å². The zero-order valence-electron chi connectivity index (χ0n) is 29.3. The normalized spacial score (nSPS) is 13.5. The molecule has 8 heteroatoms. The Labute approximate surface area is 274 Å². The summed E-state index contributed by atoms with van der Waals surface area (Å²) in [5.74, 6) is -1.89. The molecule has 2 unspecified atom stereocenters. The molecular formula is C37H65NO7. The van der Waals surface area contributed by atoms with Crippen LogP contribution >= 0.6 is 0 Å². The highest BCUT2D eigenvalue weighted by Gasteiger charge is 2.25. The number of allylic oxidation sites excluding steroid dienone is 6. The Hall–Kier alpha value is -2.45.